The molecule has 0 radical (unpaired) electrons. The van der Waals surface area contributed by atoms with Crippen LogP contribution in [0.15, 0.2) is 24.3 Å². The highest BCUT2D eigenvalue weighted by molar-refractivity contribution is 6.05. The van der Waals surface area contributed by atoms with Crippen LogP contribution in [0.25, 0.3) is 0 Å². The third-order valence-electron chi connectivity index (χ3n) is 5.20. The van der Waals surface area contributed by atoms with Gasteiger partial charge in [0, 0.05) is 18.5 Å². The van der Waals surface area contributed by atoms with Gasteiger partial charge < -0.3 is 4.74 Å². The molecule has 138 valence electrons. The van der Waals surface area contributed by atoms with Crippen LogP contribution in [-0.4, -0.2) is 35.0 Å². The molecule has 2 atom stereocenters. The number of hydrogen-bond acceptors (Lipinski definition) is 5. The summed E-state index contributed by atoms with van der Waals surface area (Å²) in [7, 11) is 0. The fourth-order valence-electron chi connectivity index (χ4n) is 3.75. The molecule has 0 spiro atoms. The van der Waals surface area contributed by atoms with Crippen molar-refractivity contribution < 1.29 is 23.9 Å². The number of Topliss-reactive ketones (excluding diaryl/α,β-unsaturated/α-hetero) is 1. The van der Waals surface area contributed by atoms with Crippen LogP contribution in [0.3, 0.4) is 0 Å². The van der Waals surface area contributed by atoms with Crippen molar-refractivity contribution in [2.24, 2.45) is 11.8 Å². The van der Waals surface area contributed by atoms with Crippen LogP contribution in [0.5, 0.6) is 5.75 Å². The minimum absolute atomic E-state index is 0.0235. The highest BCUT2D eigenvalue weighted by Gasteiger charge is 2.47. The lowest BCUT2D eigenvalue weighted by molar-refractivity contribution is -0.141. The summed E-state index contributed by atoms with van der Waals surface area (Å²) < 4.78 is 5.23. The molecule has 1 aliphatic heterocycles. The van der Waals surface area contributed by atoms with E-state index < -0.39 is 5.97 Å². The molecular formula is C20H23NO5. The number of ketones is 1. The molecule has 1 aliphatic carbocycles. The van der Waals surface area contributed by atoms with Crippen molar-refractivity contribution in [3.8, 4) is 5.75 Å². The van der Waals surface area contributed by atoms with Gasteiger partial charge in [-0.15, -0.1) is 0 Å². The normalized spacial score (nSPS) is 22.3. The van der Waals surface area contributed by atoms with Crippen LogP contribution in [0.1, 0.15) is 55.8 Å². The molecular weight excluding hydrogens is 334 g/mol. The van der Waals surface area contributed by atoms with E-state index in [9.17, 15) is 19.2 Å². The van der Waals surface area contributed by atoms with Gasteiger partial charge in [-0.05, 0) is 37.1 Å². The van der Waals surface area contributed by atoms with Gasteiger partial charge in [0.05, 0.1) is 18.3 Å². The number of fused-ring (bicyclic) bond motifs is 1. The zero-order valence-corrected chi connectivity index (χ0v) is 14.9. The first-order chi connectivity index (χ1) is 12.5. The van der Waals surface area contributed by atoms with E-state index in [1.807, 2.05) is 0 Å². The van der Waals surface area contributed by atoms with Crippen LogP contribution in [0.4, 0.5) is 0 Å². The Hall–Kier alpha value is -2.50. The number of imide groups is 1. The molecule has 6 nitrogen and oxygen atoms in total. The molecule has 1 saturated heterocycles. The molecule has 0 N–H and O–H groups in total. The number of hydrogen-bond donors (Lipinski definition) is 0. The molecule has 26 heavy (non-hydrogen) atoms. The highest BCUT2D eigenvalue weighted by Crippen LogP contribution is 2.37. The van der Waals surface area contributed by atoms with Gasteiger partial charge in [-0.3, -0.25) is 24.1 Å². The lowest BCUT2D eigenvalue weighted by Crippen LogP contribution is -2.33. The molecule has 6 heteroatoms. The number of carbonyl (C=O) groups excluding carboxylic acids is 4. The van der Waals surface area contributed by atoms with Crippen LogP contribution in [0.2, 0.25) is 0 Å². The molecule has 0 unspecified atom stereocenters. The van der Waals surface area contributed by atoms with Crippen molar-refractivity contribution in [2.75, 3.05) is 6.54 Å². The molecule has 1 aromatic rings. The molecule has 1 saturated carbocycles. The number of likely N-dealkylation sites (tertiary alicyclic amines) is 1. The minimum Gasteiger partial charge on any atom is -0.426 e. The van der Waals surface area contributed by atoms with E-state index in [1.54, 1.807) is 31.2 Å². The Morgan fingerprint density at radius 3 is 2.15 bits per heavy atom. The largest absolute Gasteiger partial charge is 0.426 e. The maximum absolute atomic E-state index is 12.4. The minimum atomic E-state index is -0.505. The quantitative estimate of drug-likeness (QED) is 0.338. The number of benzene rings is 1. The lowest BCUT2D eigenvalue weighted by atomic mass is 9.81. The summed E-state index contributed by atoms with van der Waals surface area (Å²) in [5.74, 6) is -0.822. The fourth-order valence-corrected chi connectivity index (χ4v) is 3.75. The third kappa shape index (κ3) is 3.69. The number of rotatable bonds is 6. The molecule has 1 aromatic carbocycles. The summed E-state index contributed by atoms with van der Waals surface area (Å²) in [4.78, 5) is 49.6. The standard InChI is InChI=1S/C20H23NO5/c1-2-17(22)13-7-9-14(10-8-13)26-18(23)11-12-21-19(24)15-5-3-4-6-16(15)20(21)25/h7-10,15-16H,2-6,11-12H2,1H3/t15-,16-/m0/s1. The third-order valence-corrected chi connectivity index (χ3v) is 5.20. The van der Waals surface area contributed by atoms with Gasteiger partial charge in [0.2, 0.25) is 11.8 Å². The fraction of sp³-hybridized carbons (Fsp3) is 0.500. The van der Waals surface area contributed by atoms with Crippen molar-refractivity contribution in [3.63, 3.8) is 0 Å². The van der Waals surface area contributed by atoms with Gasteiger partial charge in [-0.25, -0.2) is 0 Å². The highest BCUT2D eigenvalue weighted by atomic mass is 16.5. The lowest BCUT2D eigenvalue weighted by Gasteiger charge is -2.19. The van der Waals surface area contributed by atoms with E-state index in [1.165, 1.54) is 4.90 Å². The van der Waals surface area contributed by atoms with Gasteiger partial charge >= 0.3 is 5.97 Å². The van der Waals surface area contributed by atoms with Crippen LogP contribution >= 0.6 is 0 Å². The Morgan fingerprint density at radius 1 is 1.04 bits per heavy atom. The number of ether oxygens (including phenoxy) is 1. The Morgan fingerprint density at radius 2 is 1.62 bits per heavy atom. The van der Waals surface area contributed by atoms with E-state index in [0.29, 0.717) is 17.7 Å². The maximum atomic E-state index is 12.4. The predicted octanol–water partition coefficient (Wildman–Crippen LogP) is 2.75. The summed E-state index contributed by atoms with van der Waals surface area (Å²) in [6.07, 6.45) is 3.86. The summed E-state index contributed by atoms with van der Waals surface area (Å²) in [6.45, 7) is 1.85. The van der Waals surface area contributed by atoms with E-state index in [2.05, 4.69) is 0 Å². The van der Waals surface area contributed by atoms with E-state index in [4.69, 9.17) is 4.74 Å². The molecule has 2 aliphatic rings. The summed E-state index contributed by atoms with van der Waals surface area (Å²) in [5.41, 5.74) is 0.572. The van der Waals surface area contributed by atoms with E-state index in [0.717, 1.165) is 25.7 Å². The first kappa shape index (κ1) is 18.3. The molecule has 1 heterocycles. The van der Waals surface area contributed by atoms with Crippen LogP contribution < -0.4 is 4.74 Å². The van der Waals surface area contributed by atoms with Crippen molar-refractivity contribution in [3.05, 3.63) is 29.8 Å². The van der Waals surface area contributed by atoms with E-state index >= 15 is 0 Å². The van der Waals surface area contributed by atoms with Crippen molar-refractivity contribution >= 4 is 23.6 Å². The number of nitrogens with zero attached hydrogens (tertiary/aromatic N) is 1. The summed E-state index contributed by atoms with van der Waals surface area (Å²) in [6, 6.07) is 6.38. The number of carbonyl (C=O) groups is 4. The average Bonchev–Trinajstić information content (AvgIpc) is 2.91. The second kappa shape index (κ2) is 7.81. The first-order valence-electron chi connectivity index (χ1n) is 9.20. The summed E-state index contributed by atoms with van der Waals surface area (Å²) in [5, 5.41) is 0. The van der Waals surface area contributed by atoms with Crippen LogP contribution in [0, 0.1) is 11.8 Å². The second-order valence-corrected chi connectivity index (χ2v) is 6.85. The van der Waals surface area contributed by atoms with Crippen molar-refractivity contribution in [1.29, 1.82) is 0 Å². The van der Waals surface area contributed by atoms with Gasteiger partial charge in [0.15, 0.2) is 5.78 Å². The predicted molar refractivity (Wildman–Crippen MR) is 93.5 cm³/mol. The van der Waals surface area contributed by atoms with Gasteiger partial charge in [0.1, 0.15) is 5.75 Å². The smallest absolute Gasteiger partial charge is 0.312 e. The molecule has 3 rings (SSSR count). The SMILES string of the molecule is CCC(=O)c1ccc(OC(=O)CCN2C(=O)[C@H]3CCCC[C@@H]3C2=O)cc1. The zero-order valence-electron chi connectivity index (χ0n) is 14.9. The first-order valence-corrected chi connectivity index (χ1v) is 9.20. The number of amides is 2. The van der Waals surface area contributed by atoms with E-state index in [-0.39, 0.29) is 42.4 Å². The Kier molecular flexibility index (Phi) is 5.49. The summed E-state index contributed by atoms with van der Waals surface area (Å²) >= 11 is 0. The molecule has 2 amide bonds. The maximum Gasteiger partial charge on any atom is 0.312 e. The van der Waals surface area contributed by atoms with Crippen molar-refractivity contribution in [2.45, 2.75) is 45.4 Å². The van der Waals surface area contributed by atoms with Gasteiger partial charge in [0.25, 0.3) is 0 Å². The Bertz CT molecular complexity index is 700. The average molecular weight is 357 g/mol. The molecule has 0 aromatic heterocycles. The van der Waals surface area contributed by atoms with Crippen LogP contribution in [-0.2, 0) is 14.4 Å². The van der Waals surface area contributed by atoms with Gasteiger partial charge in [-0.2, -0.15) is 0 Å². The Labute approximate surface area is 152 Å². The zero-order chi connectivity index (χ0) is 18.7. The van der Waals surface area contributed by atoms with Gasteiger partial charge in [-0.1, -0.05) is 19.8 Å². The second-order valence-electron chi connectivity index (χ2n) is 6.85. The molecule has 0 bridgehead atoms. The monoisotopic (exact) mass is 357 g/mol. The topological polar surface area (TPSA) is 80.8 Å². The number of esters is 1. The molecule has 2 fully saturated rings. The Balaban J connectivity index is 1.53. The van der Waals surface area contributed by atoms with Crippen molar-refractivity contribution in [1.82, 2.24) is 4.90 Å².